The number of hydrogen-bond donors (Lipinski definition) is 23. The fourth-order valence-corrected chi connectivity index (χ4v) is 10.8. The number of aromatic nitrogens is 1. The number of pyridine rings is 1. The zero-order valence-corrected chi connectivity index (χ0v) is 59.8. The number of aliphatic hydroxyl groups excluding tert-OH is 2. The molecule has 35 heteroatoms. The molecule has 1 aliphatic rings. The smallest absolute Gasteiger partial charge is 0.252 e. The third kappa shape index (κ3) is 28.8. The number of aliphatic hydroxyl groups is 2. The molecule has 3 aromatic rings. The van der Waals surface area contributed by atoms with Crippen LogP contribution in [0.3, 0.4) is 0 Å². The molecule has 0 aliphatic carbocycles. The van der Waals surface area contributed by atoms with E-state index in [1.54, 1.807) is 50.2 Å². The summed E-state index contributed by atoms with van der Waals surface area (Å²) in [6.07, 6.45) is -2.29. The zero-order chi connectivity index (χ0) is 72.1. The Labute approximate surface area is 598 Å². The van der Waals surface area contributed by atoms with E-state index in [0.29, 0.717) is 17.7 Å². The monoisotopic (exact) mass is 1460 g/mol. The summed E-state index contributed by atoms with van der Waals surface area (Å²) in [6, 6.07) is 5.68. The number of carbonyl (C=O) groups is 11. The molecule has 0 saturated carbocycles. The second-order valence-corrected chi connectivity index (χ2v) is 24.8. The molecule has 30 nitrogen and oxygen atoms in total. The second-order valence-electron chi connectivity index (χ2n) is 23.2. The largest absolute Gasteiger partial charge is 0.391 e. The minimum atomic E-state index is -1.77. The van der Waals surface area contributed by atoms with Crippen LogP contribution in [0.15, 0.2) is 79.0 Å². The summed E-state index contributed by atoms with van der Waals surface area (Å²) in [5.74, 6) is -9.78. The van der Waals surface area contributed by atoms with Crippen LogP contribution in [0.5, 0.6) is 0 Å². The molecule has 18 N–H and O–H groups in total. The van der Waals surface area contributed by atoms with Crippen molar-refractivity contribution in [1.82, 2.24) is 90.1 Å². The lowest BCUT2D eigenvalue weighted by molar-refractivity contribution is -0.136. The summed E-state index contributed by atoms with van der Waals surface area (Å²) < 4.78 is 0. The molecule has 0 radical (unpaired) electrons. The van der Waals surface area contributed by atoms with Crippen molar-refractivity contribution < 1.29 is 63.0 Å². The topological polar surface area (TPSA) is 434 Å². The number of thiol groups is 5. The van der Waals surface area contributed by atoms with Crippen molar-refractivity contribution in [2.24, 2.45) is 5.92 Å². The average molecular weight is 1460 g/mol. The summed E-state index contributed by atoms with van der Waals surface area (Å²) in [7, 11) is 0. The standard InChI is InChI=1S/C63H97N17O13S5/c1-5-36(2)50-62(92)75-43(18-23-65-32-95)54(84)73-45(20-25-67-34-97)58(88)79-51(37(3)81)61(91)70-27-21-46(55(85)72-42(17-22-64-31-94)56(86)76-48(59(89)78-50)28-39-12-8-6-9-13-39)74-60(90)49(30-68-35-98)77-63(93)52(38(4)82)80-57(87)44(19-24-66-33-96)71-53(83)41-16-26-69-47(29-41)40-14-10-7-11-15-40/h6-16,26,29,36-38,42-46,48-52,64-68,81-82,94-98H,5,17-25,27-28,30-35H2,1-4H3,(H,70,91)(H,71,83)(H,72,85)(H,73,84)(H,74,90)(H,75,92)(H,76,86)(H,77,93)(H,78,89)(H,79,88)(H,80,87)/t36-,37+,38+,42-,43-,44-,45-,46-,48+,49-,50-,51-,52-/m0/s1. The molecule has 1 aromatic heterocycles. The molecule has 1 fully saturated rings. The summed E-state index contributed by atoms with van der Waals surface area (Å²) in [5.41, 5.74) is 1.98. The number of benzene rings is 2. The molecule has 0 bridgehead atoms. The lowest BCUT2D eigenvalue weighted by Crippen LogP contribution is -2.63. The number of rotatable bonds is 34. The fourth-order valence-electron chi connectivity index (χ4n) is 10.0. The first-order chi connectivity index (χ1) is 47.0. The molecule has 98 heavy (non-hydrogen) atoms. The Morgan fingerprint density at radius 1 is 0.551 bits per heavy atom. The van der Waals surface area contributed by atoms with E-state index in [1.807, 2.05) is 30.3 Å². The van der Waals surface area contributed by atoms with Crippen LogP contribution in [0.1, 0.15) is 82.1 Å². The van der Waals surface area contributed by atoms with Crippen molar-refractivity contribution in [3.8, 4) is 11.3 Å². The van der Waals surface area contributed by atoms with Gasteiger partial charge >= 0.3 is 0 Å². The Kier molecular flexibility index (Phi) is 39.1. The van der Waals surface area contributed by atoms with Gasteiger partial charge in [-0.25, -0.2) is 0 Å². The van der Waals surface area contributed by atoms with Gasteiger partial charge in [0.1, 0.15) is 60.4 Å². The van der Waals surface area contributed by atoms with E-state index in [1.165, 1.54) is 26.1 Å². The third-order valence-electron chi connectivity index (χ3n) is 15.8. The minimum absolute atomic E-state index is 0.0138. The lowest BCUT2D eigenvalue weighted by Gasteiger charge is -2.30. The molecular weight excluding hydrogens is 1360 g/mol. The van der Waals surface area contributed by atoms with E-state index < -0.39 is 156 Å². The Bertz CT molecular complexity index is 3050. The molecule has 13 atom stereocenters. The van der Waals surface area contributed by atoms with Gasteiger partial charge in [0.25, 0.3) is 5.91 Å². The van der Waals surface area contributed by atoms with Crippen LogP contribution in [-0.2, 0) is 54.4 Å². The molecule has 4 rings (SSSR count). The van der Waals surface area contributed by atoms with Crippen molar-refractivity contribution in [2.75, 3.05) is 68.7 Å². The zero-order valence-electron chi connectivity index (χ0n) is 55.3. The number of nitrogens with one attached hydrogen (secondary N) is 16. The first-order valence-corrected chi connectivity index (χ1v) is 35.5. The molecule has 2 heterocycles. The first kappa shape index (κ1) is 83.6. The van der Waals surface area contributed by atoms with E-state index in [9.17, 15) is 63.0 Å². The first-order valence-electron chi connectivity index (χ1n) is 32.3. The molecule has 0 spiro atoms. The maximum atomic E-state index is 14.9. The summed E-state index contributed by atoms with van der Waals surface area (Å²) >= 11 is 21.0. The van der Waals surface area contributed by atoms with Gasteiger partial charge in [0.05, 0.1) is 17.9 Å². The minimum Gasteiger partial charge on any atom is -0.391 e. The van der Waals surface area contributed by atoms with Crippen molar-refractivity contribution >= 4 is 128 Å². The number of nitrogens with zero attached hydrogens (tertiary/aromatic N) is 1. The third-order valence-corrected chi connectivity index (χ3v) is 16.9. The Morgan fingerprint density at radius 3 is 1.61 bits per heavy atom. The van der Waals surface area contributed by atoms with Crippen LogP contribution < -0.4 is 85.1 Å². The van der Waals surface area contributed by atoms with Gasteiger partial charge in [-0.2, -0.15) is 63.1 Å². The fraction of sp³-hybridized carbons (Fsp3) is 0.556. The highest BCUT2D eigenvalue weighted by Gasteiger charge is 2.38. The maximum absolute atomic E-state index is 14.9. The van der Waals surface area contributed by atoms with Gasteiger partial charge in [0.2, 0.25) is 59.1 Å². The highest BCUT2D eigenvalue weighted by atomic mass is 32.1. The maximum Gasteiger partial charge on any atom is 0.252 e. The Morgan fingerprint density at radius 2 is 1.06 bits per heavy atom. The second kappa shape index (κ2) is 45.8. The van der Waals surface area contributed by atoms with Gasteiger partial charge in [-0.3, -0.25) is 57.7 Å². The number of amides is 11. The molecule has 11 amide bonds. The molecular formula is C63H97N17O13S5. The molecule has 1 saturated heterocycles. The van der Waals surface area contributed by atoms with E-state index in [4.69, 9.17) is 0 Å². The predicted octanol–water partition coefficient (Wildman–Crippen LogP) is -3.27. The molecule has 0 unspecified atom stereocenters. The van der Waals surface area contributed by atoms with E-state index >= 15 is 0 Å². The van der Waals surface area contributed by atoms with Gasteiger partial charge in [-0.1, -0.05) is 80.9 Å². The van der Waals surface area contributed by atoms with Crippen LogP contribution in [0, 0.1) is 5.92 Å². The Balaban J connectivity index is 1.78. The van der Waals surface area contributed by atoms with E-state index in [-0.39, 0.29) is 99.8 Å². The van der Waals surface area contributed by atoms with Crippen LogP contribution in [0.25, 0.3) is 11.3 Å². The van der Waals surface area contributed by atoms with Gasteiger partial charge < -0.3 is 95.3 Å². The van der Waals surface area contributed by atoms with Crippen molar-refractivity contribution in [3.63, 3.8) is 0 Å². The van der Waals surface area contributed by atoms with Gasteiger partial charge in [0, 0.05) is 66.2 Å². The van der Waals surface area contributed by atoms with E-state index in [0.717, 1.165) is 5.56 Å². The summed E-state index contributed by atoms with van der Waals surface area (Å²) in [4.78, 5) is 163. The highest BCUT2D eigenvalue weighted by molar-refractivity contribution is 7.80. The van der Waals surface area contributed by atoms with Crippen molar-refractivity contribution in [3.05, 3.63) is 90.1 Å². The van der Waals surface area contributed by atoms with Gasteiger partial charge in [0.15, 0.2) is 0 Å². The van der Waals surface area contributed by atoms with Crippen LogP contribution in [-0.4, -0.2) is 221 Å². The SMILES string of the molecule is CC[C@H](C)[C@@H]1NC(=O)[C@@H](Cc2ccccc2)NC(=O)[C@H](CCNCS)NC(=O)[C@@H](NC(=O)[C@H](CNCS)NC(=O)[C@@H](NC(=O)[C@H](CCNCS)NC(=O)c2ccnc(-c3ccccc3)c2)[C@@H](C)O)CCNC(=O)[C@H]([C@@H](C)O)NC(=O)[C@H](CCNCS)NC(=O)[C@H](CCNCS)NC1=O. The molecule has 2 aromatic carbocycles. The van der Waals surface area contributed by atoms with Crippen LogP contribution >= 0.6 is 63.1 Å². The normalized spacial score (nSPS) is 21.3. The van der Waals surface area contributed by atoms with E-state index in [2.05, 4.69) is 153 Å². The lowest BCUT2D eigenvalue weighted by atomic mass is 9.96. The predicted molar refractivity (Wildman–Crippen MR) is 387 cm³/mol. The van der Waals surface area contributed by atoms with Crippen LogP contribution in [0.4, 0.5) is 0 Å². The van der Waals surface area contributed by atoms with Crippen molar-refractivity contribution in [1.29, 1.82) is 0 Å². The van der Waals surface area contributed by atoms with Gasteiger partial charge in [-0.15, -0.1) is 0 Å². The number of carbonyl (C=O) groups excluding carboxylic acids is 11. The summed E-state index contributed by atoms with van der Waals surface area (Å²) in [5, 5.41) is 65.9. The van der Waals surface area contributed by atoms with Gasteiger partial charge in [-0.05, 0) is 95.7 Å². The van der Waals surface area contributed by atoms with Crippen molar-refractivity contribution in [2.45, 2.75) is 145 Å². The molecule has 1 aliphatic heterocycles. The number of hydrogen-bond acceptors (Lipinski definition) is 24. The van der Waals surface area contributed by atoms with Crippen LogP contribution in [0.2, 0.25) is 0 Å². The average Bonchev–Trinajstić information content (AvgIpc) is 0.956. The quantitative estimate of drug-likeness (QED) is 0.0158. The summed E-state index contributed by atoms with van der Waals surface area (Å²) in [6.45, 7) is 5.57. The molecule has 542 valence electrons. The Hall–Kier alpha value is -6.77. The highest BCUT2D eigenvalue weighted by Crippen LogP contribution is 2.18.